The van der Waals surface area contributed by atoms with E-state index in [1.807, 2.05) is 4.68 Å². The van der Waals surface area contributed by atoms with Crippen LogP contribution in [0.25, 0.3) is 11.0 Å². The second-order valence-electron chi connectivity index (χ2n) is 3.17. The van der Waals surface area contributed by atoms with Gasteiger partial charge >= 0.3 is 0 Å². The molecule has 2 rings (SSSR count). The van der Waals surface area contributed by atoms with Crippen LogP contribution in [0.1, 0.15) is 23.7 Å². The molecule has 2 heterocycles. The molecule has 72 valence electrons. The van der Waals surface area contributed by atoms with Crippen LogP contribution in [0.3, 0.4) is 0 Å². The largest absolute Gasteiger partial charge is 0.298 e. The lowest BCUT2D eigenvalue weighted by atomic mass is 10.2. The van der Waals surface area contributed by atoms with E-state index in [0.29, 0.717) is 5.56 Å². The van der Waals surface area contributed by atoms with E-state index < -0.39 is 0 Å². The van der Waals surface area contributed by atoms with Gasteiger partial charge in [0.15, 0.2) is 11.9 Å². The minimum atomic E-state index is 0.591. The van der Waals surface area contributed by atoms with Crippen molar-refractivity contribution in [3.8, 4) is 0 Å². The molecular weight excluding hydrogens is 178 g/mol. The highest BCUT2D eigenvalue weighted by Crippen LogP contribution is 2.11. The van der Waals surface area contributed by atoms with Crippen LogP contribution in [0.5, 0.6) is 0 Å². The van der Waals surface area contributed by atoms with Crippen molar-refractivity contribution in [1.82, 2.24) is 14.8 Å². The highest BCUT2D eigenvalue weighted by Gasteiger charge is 2.03. The number of aldehydes is 1. The van der Waals surface area contributed by atoms with Crippen molar-refractivity contribution in [2.45, 2.75) is 19.9 Å². The number of aryl methyl sites for hydroxylation is 1. The Morgan fingerprint density at radius 3 is 3.07 bits per heavy atom. The molecule has 0 aromatic carbocycles. The molecule has 0 bridgehead atoms. The molecule has 14 heavy (non-hydrogen) atoms. The lowest BCUT2D eigenvalue weighted by Crippen LogP contribution is -1.99. The fourth-order valence-corrected chi connectivity index (χ4v) is 1.43. The first-order valence-electron chi connectivity index (χ1n) is 4.62. The molecule has 0 N–H and O–H groups in total. The van der Waals surface area contributed by atoms with Gasteiger partial charge in [-0.2, -0.15) is 5.10 Å². The summed E-state index contributed by atoms with van der Waals surface area (Å²) in [4.78, 5) is 14.7. The van der Waals surface area contributed by atoms with Gasteiger partial charge in [-0.15, -0.1) is 0 Å². The van der Waals surface area contributed by atoms with Crippen LogP contribution in [-0.4, -0.2) is 21.1 Å². The molecule has 0 fully saturated rings. The molecule has 0 radical (unpaired) electrons. The van der Waals surface area contributed by atoms with Crippen molar-refractivity contribution in [2.24, 2.45) is 0 Å². The van der Waals surface area contributed by atoms with Gasteiger partial charge in [-0.25, -0.2) is 9.67 Å². The molecule has 0 spiro atoms. The molecule has 0 saturated heterocycles. The first-order valence-corrected chi connectivity index (χ1v) is 4.62. The molecule has 0 atom stereocenters. The molecule has 0 saturated carbocycles. The monoisotopic (exact) mass is 189 g/mol. The molecule has 2 aromatic heterocycles. The van der Waals surface area contributed by atoms with E-state index >= 15 is 0 Å². The maximum Gasteiger partial charge on any atom is 0.157 e. The fraction of sp³-hybridized carbons (Fsp3) is 0.300. The number of carbonyl (C=O) groups is 1. The standard InChI is InChI=1S/C10H11N3O/c1-2-3-13-10-9(6-12-13)4-8(7-14)5-11-10/h4-7H,2-3H2,1H3. The summed E-state index contributed by atoms with van der Waals surface area (Å²) in [5.41, 5.74) is 1.44. The van der Waals surface area contributed by atoms with Crippen LogP contribution in [0, 0.1) is 0 Å². The van der Waals surface area contributed by atoms with Gasteiger partial charge in [-0.05, 0) is 12.5 Å². The van der Waals surface area contributed by atoms with Gasteiger partial charge in [0.05, 0.1) is 6.20 Å². The quantitative estimate of drug-likeness (QED) is 0.690. The van der Waals surface area contributed by atoms with Crippen molar-refractivity contribution >= 4 is 17.3 Å². The Morgan fingerprint density at radius 2 is 2.36 bits per heavy atom. The molecule has 0 aliphatic rings. The zero-order chi connectivity index (χ0) is 9.97. The molecule has 4 nitrogen and oxygen atoms in total. The first-order chi connectivity index (χ1) is 6.85. The number of hydrogen-bond donors (Lipinski definition) is 0. The molecule has 0 unspecified atom stereocenters. The third kappa shape index (κ3) is 1.39. The van der Waals surface area contributed by atoms with Crippen LogP contribution < -0.4 is 0 Å². The zero-order valence-electron chi connectivity index (χ0n) is 7.97. The van der Waals surface area contributed by atoms with Gasteiger partial charge in [-0.1, -0.05) is 6.92 Å². The molecule has 0 aliphatic carbocycles. The first kappa shape index (κ1) is 8.87. The number of rotatable bonds is 3. The van der Waals surface area contributed by atoms with Gasteiger partial charge in [0.2, 0.25) is 0 Å². The second-order valence-corrected chi connectivity index (χ2v) is 3.17. The summed E-state index contributed by atoms with van der Waals surface area (Å²) < 4.78 is 1.85. The Kier molecular flexibility index (Phi) is 2.26. The van der Waals surface area contributed by atoms with Crippen molar-refractivity contribution in [3.63, 3.8) is 0 Å². The molecule has 2 aromatic rings. The number of hydrogen-bond acceptors (Lipinski definition) is 3. The fourth-order valence-electron chi connectivity index (χ4n) is 1.43. The maximum atomic E-state index is 10.5. The van der Waals surface area contributed by atoms with Crippen LogP contribution in [0.4, 0.5) is 0 Å². The summed E-state index contributed by atoms with van der Waals surface area (Å²) in [6, 6.07) is 1.80. The van der Waals surface area contributed by atoms with Gasteiger partial charge in [0.25, 0.3) is 0 Å². The highest BCUT2D eigenvalue weighted by molar-refractivity contribution is 5.83. The summed E-state index contributed by atoms with van der Waals surface area (Å²) in [6.45, 7) is 2.95. The number of fused-ring (bicyclic) bond motifs is 1. The van der Waals surface area contributed by atoms with Crippen molar-refractivity contribution in [3.05, 3.63) is 24.0 Å². The third-order valence-electron chi connectivity index (χ3n) is 2.07. The van der Waals surface area contributed by atoms with E-state index in [2.05, 4.69) is 17.0 Å². The summed E-state index contributed by atoms with van der Waals surface area (Å²) >= 11 is 0. The third-order valence-corrected chi connectivity index (χ3v) is 2.07. The minimum absolute atomic E-state index is 0.591. The number of nitrogens with zero attached hydrogens (tertiary/aromatic N) is 3. The van der Waals surface area contributed by atoms with Gasteiger partial charge in [0, 0.05) is 23.7 Å². The van der Waals surface area contributed by atoms with Gasteiger partial charge in [0.1, 0.15) is 0 Å². The van der Waals surface area contributed by atoms with Crippen LogP contribution in [0.15, 0.2) is 18.5 Å². The minimum Gasteiger partial charge on any atom is -0.298 e. The maximum absolute atomic E-state index is 10.5. The Hall–Kier alpha value is -1.71. The predicted molar refractivity (Wildman–Crippen MR) is 53.2 cm³/mol. The second kappa shape index (κ2) is 3.57. The van der Waals surface area contributed by atoms with Crippen LogP contribution in [-0.2, 0) is 6.54 Å². The average Bonchev–Trinajstić information content (AvgIpc) is 2.61. The number of carbonyl (C=O) groups excluding carboxylic acids is 1. The van der Waals surface area contributed by atoms with Crippen molar-refractivity contribution in [2.75, 3.05) is 0 Å². The number of aromatic nitrogens is 3. The SMILES string of the molecule is CCCn1ncc2cc(C=O)cnc21. The highest BCUT2D eigenvalue weighted by atomic mass is 16.1. The molecule has 0 aliphatic heterocycles. The summed E-state index contributed by atoms with van der Waals surface area (Å²) in [5.74, 6) is 0. The van der Waals surface area contributed by atoms with Gasteiger partial charge < -0.3 is 0 Å². The summed E-state index contributed by atoms with van der Waals surface area (Å²) in [6.07, 6.45) is 5.13. The zero-order valence-corrected chi connectivity index (χ0v) is 7.97. The Morgan fingerprint density at radius 1 is 1.50 bits per heavy atom. The Balaban J connectivity index is 2.53. The normalized spacial score (nSPS) is 10.6. The predicted octanol–water partition coefficient (Wildman–Crippen LogP) is 1.65. The van der Waals surface area contributed by atoms with E-state index in [-0.39, 0.29) is 0 Å². The van der Waals surface area contributed by atoms with Gasteiger partial charge in [-0.3, -0.25) is 4.79 Å². The van der Waals surface area contributed by atoms with E-state index in [4.69, 9.17) is 0 Å². The average molecular weight is 189 g/mol. The Bertz CT molecular complexity index is 461. The molecular formula is C10H11N3O. The lowest BCUT2D eigenvalue weighted by molar-refractivity contribution is 0.112. The number of pyridine rings is 1. The topological polar surface area (TPSA) is 47.8 Å². The summed E-state index contributed by atoms with van der Waals surface area (Å²) in [5, 5.41) is 5.12. The van der Waals surface area contributed by atoms with E-state index in [0.717, 1.165) is 30.3 Å². The van der Waals surface area contributed by atoms with E-state index in [1.54, 1.807) is 18.5 Å². The molecule has 4 heteroatoms. The van der Waals surface area contributed by atoms with E-state index in [9.17, 15) is 4.79 Å². The summed E-state index contributed by atoms with van der Waals surface area (Å²) in [7, 11) is 0. The lowest BCUT2D eigenvalue weighted by Gasteiger charge is -1.98. The van der Waals surface area contributed by atoms with Crippen molar-refractivity contribution in [1.29, 1.82) is 0 Å². The smallest absolute Gasteiger partial charge is 0.157 e. The van der Waals surface area contributed by atoms with Crippen LogP contribution >= 0.6 is 0 Å². The van der Waals surface area contributed by atoms with Crippen molar-refractivity contribution < 1.29 is 4.79 Å². The van der Waals surface area contributed by atoms with E-state index in [1.165, 1.54) is 0 Å². The Labute approximate surface area is 81.6 Å². The van der Waals surface area contributed by atoms with Crippen LogP contribution in [0.2, 0.25) is 0 Å². The molecule has 0 amide bonds.